The molecular weight excluding hydrogens is 287 g/mol. The summed E-state index contributed by atoms with van der Waals surface area (Å²) >= 11 is 0. The fraction of sp³-hybridized carbons (Fsp3) is 0.500. The third-order valence-electron chi connectivity index (χ3n) is 3.30. The third-order valence-corrected chi connectivity index (χ3v) is 3.30. The molecule has 21 heavy (non-hydrogen) atoms. The summed E-state index contributed by atoms with van der Waals surface area (Å²) in [5, 5.41) is 7.71. The maximum Gasteiger partial charge on any atom is 0.433 e. The van der Waals surface area contributed by atoms with E-state index in [0.717, 1.165) is 12.3 Å². The molecule has 3 heterocycles. The summed E-state index contributed by atoms with van der Waals surface area (Å²) in [7, 11) is 0. The van der Waals surface area contributed by atoms with Crippen molar-refractivity contribution < 1.29 is 17.6 Å². The van der Waals surface area contributed by atoms with Crippen LogP contribution in [0.2, 0.25) is 0 Å². The molecule has 0 radical (unpaired) electrons. The molecule has 1 aliphatic heterocycles. The van der Waals surface area contributed by atoms with Crippen LogP contribution in [0, 0.1) is 6.92 Å². The van der Waals surface area contributed by atoms with Crippen LogP contribution in [0.5, 0.6) is 0 Å². The first-order valence-corrected chi connectivity index (χ1v) is 6.38. The summed E-state index contributed by atoms with van der Waals surface area (Å²) in [6, 6.07) is 0.860. The van der Waals surface area contributed by atoms with E-state index in [1.165, 1.54) is 0 Å². The topological polar surface area (TPSA) is 67.9 Å². The summed E-state index contributed by atoms with van der Waals surface area (Å²) in [6.07, 6.45) is -2.64. The Labute approximate surface area is 118 Å². The van der Waals surface area contributed by atoms with Crippen LogP contribution in [-0.2, 0) is 6.18 Å². The molecule has 0 aromatic carbocycles. The van der Waals surface area contributed by atoms with Gasteiger partial charge in [-0.2, -0.15) is 13.2 Å². The molecule has 112 valence electrons. The molecule has 0 unspecified atom stereocenters. The Hall–Kier alpha value is -2.19. The molecule has 1 aliphatic rings. The number of aryl methyl sites for hydroxylation is 1. The molecule has 2 aromatic heterocycles. The minimum absolute atomic E-state index is 0.00987. The first kappa shape index (κ1) is 13.8. The average Bonchev–Trinajstić information content (AvgIpc) is 3.06. The summed E-state index contributed by atoms with van der Waals surface area (Å²) in [6.45, 7) is 2.70. The molecule has 1 fully saturated rings. The van der Waals surface area contributed by atoms with Crippen LogP contribution in [-0.4, -0.2) is 33.3 Å². The molecule has 1 saturated heterocycles. The summed E-state index contributed by atoms with van der Waals surface area (Å²) in [5.41, 5.74) is -0.940. The van der Waals surface area contributed by atoms with Gasteiger partial charge in [-0.25, -0.2) is 9.97 Å². The van der Waals surface area contributed by atoms with Gasteiger partial charge in [-0.15, -0.1) is 10.2 Å². The Morgan fingerprint density at radius 3 is 2.81 bits per heavy atom. The first-order valence-electron chi connectivity index (χ1n) is 6.38. The van der Waals surface area contributed by atoms with Crippen LogP contribution in [0.15, 0.2) is 16.7 Å². The third kappa shape index (κ3) is 2.81. The summed E-state index contributed by atoms with van der Waals surface area (Å²) < 4.78 is 43.3. The Kier molecular flexibility index (Phi) is 3.26. The quantitative estimate of drug-likeness (QED) is 0.846. The highest BCUT2D eigenvalue weighted by molar-refractivity contribution is 5.34. The van der Waals surface area contributed by atoms with Gasteiger partial charge in [0.25, 0.3) is 0 Å². The Bertz CT molecular complexity index is 642. The van der Waals surface area contributed by atoms with Crippen LogP contribution in [0.1, 0.15) is 29.8 Å². The van der Waals surface area contributed by atoms with Crippen LogP contribution >= 0.6 is 0 Å². The maximum absolute atomic E-state index is 12.7. The molecule has 6 nitrogen and oxygen atoms in total. The van der Waals surface area contributed by atoms with Crippen molar-refractivity contribution in [3.63, 3.8) is 0 Å². The van der Waals surface area contributed by atoms with Crippen molar-refractivity contribution in [1.29, 1.82) is 0 Å². The zero-order valence-corrected chi connectivity index (χ0v) is 11.1. The molecule has 1 atom stereocenters. The number of halogens is 3. The Morgan fingerprint density at radius 1 is 1.33 bits per heavy atom. The van der Waals surface area contributed by atoms with E-state index in [4.69, 9.17) is 4.42 Å². The van der Waals surface area contributed by atoms with Crippen molar-refractivity contribution in [3.8, 4) is 0 Å². The highest BCUT2D eigenvalue weighted by Crippen LogP contribution is 2.31. The van der Waals surface area contributed by atoms with Crippen LogP contribution < -0.4 is 4.90 Å². The lowest BCUT2D eigenvalue weighted by Gasteiger charge is -2.16. The van der Waals surface area contributed by atoms with Crippen LogP contribution in [0.25, 0.3) is 0 Å². The Morgan fingerprint density at radius 2 is 2.14 bits per heavy atom. The lowest BCUT2D eigenvalue weighted by Crippen LogP contribution is -2.23. The minimum Gasteiger partial charge on any atom is -0.425 e. The molecule has 9 heteroatoms. The second-order valence-corrected chi connectivity index (χ2v) is 4.83. The van der Waals surface area contributed by atoms with Gasteiger partial charge in [0.2, 0.25) is 17.7 Å². The molecule has 0 bridgehead atoms. The SMILES string of the molecule is Cc1nnc([C@H]2CCN(c3nccc(C(F)(F)F)n3)C2)o1. The van der Waals surface area contributed by atoms with Gasteiger partial charge in [0.1, 0.15) is 5.69 Å². The molecule has 0 N–H and O–H groups in total. The van der Waals surface area contributed by atoms with Gasteiger partial charge in [0, 0.05) is 26.2 Å². The largest absolute Gasteiger partial charge is 0.433 e. The zero-order valence-electron chi connectivity index (χ0n) is 11.1. The highest BCUT2D eigenvalue weighted by atomic mass is 19.4. The average molecular weight is 299 g/mol. The van der Waals surface area contributed by atoms with Crippen molar-refractivity contribution in [1.82, 2.24) is 20.2 Å². The molecule has 3 rings (SSSR count). The second kappa shape index (κ2) is 4.97. The van der Waals surface area contributed by atoms with Crippen molar-refractivity contribution >= 4 is 5.95 Å². The van der Waals surface area contributed by atoms with E-state index in [1.54, 1.807) is 11.8 Å². The van der Waals surface area contributed by atoms with Gasteiger partial charge in [-0.05, 0) is 12.5 Å². The number of rotatable bonds is 2. The predicted molar refractivity (Wildman–Crippen MR) is 65.6 cm³/mol. The van der Waals surface area contributed by atoms with Crippen molar-refractivity contribution in [2.75, 3.05) is 18.0 Å². The number of aromatic nitrogens is 4. The monoisotopic (exact) mass is 299 g/mol. The van der Waals surface area contributed by atoms with Crippen LogP contribution in [0.4, 0.5) is 19.1 Å². The van der Waals surface area contributed by atoms with E-state index >= 15 is 0 Å². The van der Waals surface area contributed by atoms with Crippen molar-refractivity contribution in [3.05, 3.63) is 29.7 Å². The van der Waals surface area contributed by atoms with E-state index < -0.39 is 11.9 Å². The second-order valence-electron chi connectivity index (χ2n) is 4.83. The fourth-order valence-electron chi connectivity index (χ4n) is 2.28. The maximum atomic E-state index is 12.7. The first-order chi connectivity index (χ1) is 9.93. The van der Waals surface area contributed by atoms with E-state index in [1.807, 2.05) is 0 Å². The Balaban J connectivity index is 1.77. The number of alkyl halides is 3. The normalized spacial score (nSPS) is 19.2. The zero-order chi connectivity index (χ0) is 15.0. The van der Waals surface area contributed by atoms with Gasteiger partial charge < -0.3 is 9.32 Å². The number of hydrogen-bond acceptors (Lipinski definition) is 6. The van der Waals surface area contributed by atoms with Gasteiger partial charge in [-0.1, -0.05) is 0 Å². The number of hydrogen-bond donors (Lipinski definition) is 0. The molecule has 0 spiro atoms. The van der Waals surface area contributed by atoms with Gasteiger partial charge in [0.15, 0.2) is 0 Å². The summed E-state index contributed by atoms with van der Waals surface area (Å²) in [4.78, 5) is 9.19. The molecular formula is C12H12F3N5O. The van der Waals surface area contributed by atoms with Crippen molar-refractivity contribution in [2.45, 2.75) is 25.4 Å². The minimum atomic E-state index is -4.47. The number of anilines is 1. The molecule has 0 saturated carbocycles. The summed E-state index contributed by atoms with van der Waals surface area (Å²) in [5.74, 6) is 1.04. The molecule has 0 amide bonds. The number of nitrogens with zero attached hydrogens (tertiary/aromatic N) is 5. The van der Waals surface area contributed by atoms with E-state index in [-0.39, 0.29) is 11.9 Å². The highest BCUT2D eigenvalue weighted by Gasteiger charge is 2.34. The van der Waals surface area contributed by atoms with Crippen LogP contribution in [0.3, 0.4) is 0 Å². The van der Waals surface area contributed by atoms with E-state index in [9.17, 15) is 13.2 Å². The van der Waals surface area contributed by atoms with Gasteiger partial charge in [0.05, 0.1) is 5.92 Å². The van der Waals surface area contributed by atoms with Crippen molar-refractivity contribution in [2.24, 2.45) is 0 Å². The lowest BCUT2D eigenvalue weighted by molar-refractivity contribution is -0.141. The molecule has 2 aromatic rings. The molecule has 0 aliphatic carbocycles. The lowest BCUT2D eigenvalue weighted by atomic mass is 10.1. The van der Waals surface area contributed by atoms with E-state index in [0.29, 0.717) is 31.3 Å². The van der Waals surface area contributed by atoms with Gasteiger partial charge >= 0.3 is 6.18 Å². The predicted octanol–water partition coefficient (Wildman–Crippen LogP) is 2.18. The van der Waals surface area contributed by atoms with Gasteiger partial charge in [-0.3, -0.25) is 0 Å². The fourth-order valence-corrected chi connectivity index (χ4v) is 2.28. The smallest absolute Gasteiger partial charge is 0.425 e. The van der Waals surface area contributed by atoms with E-state index in [2.05, 4.69) is 20.2 Å². The standard InChI is InChI=1S/C12H12F3N5O/c1-7-18-19-10(21-7)8-3-5-20(6-8)11-16-4-2-9(17-11)12(13,14)15/h2,4,8H,3,5-6H2,1H3/t8-/m0/s1.